The number of hydrogen-bond acceptors (Lipinski definition) is 4. The zero-order valence-electron chi connectivity index (χ0n) is 15.8. The van der Waals surface area contributed by atoms with Crippen LogP contribution < -0.4 is 5.32 Å². The average Bonchev–Trinajstić information content (AvgIpc) is 3.16. The minimum absolute atomic E-state index is 0.116. The van der Waals surface area contributed by atoms with E-state index in [1.807, 2.05) is 0 Å². The number of carbonyl (C=O) groups excluding carboxylic acids is 2. The van der Waals surface area contributed by atoms with Crippen LogP contribution in [0.3, 0.4) is 0 Å². The second-order valence-electron chi connectivity index (χ2n) is 7.46. The van der Waals surface area contributed by atoms with Gasteiger partial charge in [0.05, 0.1) is 30.4 Å². The summed E-state index contributed by atoms with van der Waals surface area (Å²) in [6.45, 7) is 1.18. The first kappa shape index (κ1) is 19.4. The second kappa shape index (κ2) is 8.18. The largest absolute Gasteiger partial charge is 0.449 e. The molecule has 154 valence electrons. The fraction of sp³-hybridized carbons (Fsp3) is 0.450. The third kappa shape index (κ3) is 4.38. The second-order valence-corrected chi connectivity index (χ2v) is 7.46. The van der Waals surface area contributed by atoms with Gasteiger partial charge in [0.2, 0.25) is 5.91 Å². The van der Waals surface area contributed by atoms with Crippen LogP contribution in [0.15, 0.2) is 30.6 Å². The van der Waals surface area contributed by atoms with Gasteiger partial charge in [-0.2, -0.15) is 5.10 Å². The first-order chi connectivity index (χ1) is 14.0. The lowest BCUT2D eigenvalue weighted by molar-refractivity contribution is -0.121. The molecule has 2 amide bonds. The Kier molecular flexibility index (Phi) is 5.46. The van der Waals surface area contributed by atoms with Crippen LogP contribution in [0.25, 0.3) is 5.69 Å². The molecule has 2 aliphatic rings. The molecule has 1 N–H and O–H groups in total. The average molecular weight is 404 g/mol. The molecular weight excluding hydrogens is 382 g/mol. The molecule has 0 atom stereocenters. The van der Waals surface area contributed by atoms with Gasteiger partial charge in [-0.3, -0.25) is 4.79 Å². The summed E-state index contributed by atoms with van der Waals surface area (Å²) in [5, 5.41) is 6.88. The molecule has 0 spiro atoms. The summed E-state index contributed by atoms with van der Waals surface area (Å²) in [5.74, 6) is -1.66. The van der Waals surface area contributed by atoms with Crippen molar-refractivity contribution in [1.82, 2.24) is 14.7 Å². The van der Waals surface area contributed by atoms with E-state index in [2.05, 4.69) is 10.4 Å². The lowest BCUT2D eigenvalue weighted by Crippen LogP contribution is -2.46. The minimum atomic E-state index is -0.699. The Morgan fingerprint density at radius 2 is 1.86 bits per heavy atom. The van der Waals surface area contributed by atoms with Crippen LogP contribution in [0.4, 0.5) is 19.3 Å². The Morgan fingerprint density at radius 3 is 2.55 bits per heavy atom. The number of cyclic esters (lactones) is 1. The molecule has 2 heterocycles. The number of anilines is 1. The molecule has 1 saturated heterocycles. The highest BCUT2D eigenvalue weighted by molar-refractivity contribution is 5.92. The first-order valence-electron chi connectivity index (χ1n) is 9.75. The maximum absolute atomic E-state index is 13.4. The summed E-state index contributed by atoms with van der Waals surface area (Å²) in [5.41, 5.74) is 0.693. The Bertz CT molecular complexity index is 889. The molecule has 1 aliphatic heterocycles. The highest BCUT2D eigenvalue weighted by atomic mass is 19.1. The molecule has 7 nitrogen and oxygen atoms in total. The van der Waals surface area contributed by atoms with Crippen LogP contribution in [0.1, 0.15) is 32.1 Å². The van der Waals surface area contributed by atoms with Crippen LogP contribution in [-0.2, 0) is 9.53 Å². The molecule has 2 fully saturated rings. The third-order valence-electron chi connectivity index (χ3n) is 5.47. The fourth-order valence-electron chi connectivity index (χ4n) is 3.99. The Hall–Kier alpha value is -2.97. The molecule has 4 rings (SSSR count). The van der Waals surface area contributed by atoms with E-state index in [1.54, 1.807) is 4.90 Å². The van der Waals surface area contributed by atoms with E-state index in [0.29, 0.717) is 31.7 Å². The van der Waals surface area contributed by atoms with E-state index in [1.165, 1.54) is 17.1 Å². The van der Waals surface area contributed by atoms with Gasteiger partial charge in [-0.1, -0.05) is 0 Å². The number of carbonyl (C=O) groups is 2. The topological polar surface area (TPSA) is 76.5 Å². The van der Waals surface area contributed by atoms with Crippen molar-refractivity contribution >= 4 is 17.7 Å². The van der Waals surface area contributed by atoms with Gasteiger partial charge in [0.25, 0.3) is 0 Å². The SMILES string of the molecule is O=C1OCCCN1[C@H]1CC[C@H](C(=O)Nc2cnn(-c3cc(F)cc(F)c3)c2)CC1. The number of aromatic nitrogens is 2. The Labute approximate surface area is 166 Å². The van der Waals surface area contributed by atoms with E-state index in [9.17, 15) is 18.4 Å². The molecule has 0 radical (unpaired) electrons. The molecule has 0 unspecified atom stereocenters. The molecule has 0 bridgehead atoms. The summed E-state index contributed by atoms with van der Waals surface area (Å²) in [6, 6.07) is 3.23. The predicted molar refractivity (Wildman–Crippen MR) is 101 cm³/mol. The standard InChI is InChI=1S/C20H22F2N4O3/c21-14-8-15(22)10-18(9-14)26-12-16(11-23-26)24-19(27)13-2-4-17(5-3-13)25-6-1-7-29-20(25)28/h8-13,17H,1-7H2,(H,24,27)/t13-,17-. The van der Waals surface area contributed by atoms with E-state index < -0.39 is 11.6 Å². The summed E-state index contributed by atoms with van der Waals surface area (Å²) in [7, 11) is 0. The highest BCUT2D eigenvalue weighted by Gasteiger charge is 2.33. The maximum atomic E-state index is 13.4. The number of ether oxygens (including phenoxy) is 1. The number of rotatable bonds is 4. The normalized spacial score (nSPS) is 22.3. The number of amides is 2. The van der Waals surface area contributed by atoms with Crippen molar-refractivity contribution in [3.8, 4) is 5.69 Å². The molecule has 9 heteroatoms. The molecule has 1 aliphatic carbocycles. The van der Waals surface area contributed by atoms with Crippen molar-refractivity contribution in [2.24, 2.45) is 5.92 Å². The molecule has 2 aromatic rings. The molecule has 1 aromatic carbocycles. The summed E-state index contributed by atoms with van der Waals surface area (Å²) < 4.78 is 33.2. The van der Waals surface area contributed by atoms with Crippen molar-refractivity contribution in [1.29, 1.82) is 0 Å². The smallest absolute Gasteiger partial charge is 0.410 e. The fourth-order valence-corrected chi connectivity index (χ4v) is 3.99. The quantitative estimate of drug-likeness (QED) is 0.846. The number of halogens is 2. The van der Waals surface area contributed by atoms with Crippen molar-refractivity contribution in [2.45, 2.75) is 38.1 Å². The summed E-state index contributed by atoms with van der Waals surface area (Å²) in [6.07, 6.45) is 6.42. The van der Waals surface area contributed by atoms with Crippen LogP contribution in [0.2, 0.25) is 0 Å². The van der Waals surface area contributed by atoms with Crippen molar-refractivity contribution in [2.75, 3.05) is 18.5 Å². The van der Waals surface area contributed by atoms with E-state index in [-0.39, 0.29) is 29.6 Å². The Morgan fingerprint density at radius 1 is 1.14 bits per heavy atom. The maximum Gasteiger partial charge on any atom is 0.410 e. The molecule has 1 aromatic heterocycles. The van der Waals surface area contributed by atoms with Crippen molar-refractivity contribution in [3.63, 3.8) is 0 Å². The zero-order chi connectivity index (χ0) is 20.4. The van der Waals surface area contributed by atoms with Gasteiger partial charge in [-0.15, -0.1) is 0 Å². The van der Waals surface area contributed by atoms with E-state index in [0.717, 1.165) is 37.5 Å². The Balaban J connectivity index is 1.33. The van der Waals surface area contributed by atoms with E-state index >= 15 is 0 Å². The van der Waals surface area contributed by atoms with Crippen LogP contribution in [0, 0.1) is 17.6 Å². The molecular formula is C20H22F2N4O3. The van der Waals surface area contributed by atoms with Crippen LogP contribution in [-0.4, -0.2) is 45.9 Å². The van der Waals surface area contributed by atoms with Gasteiger partial charge in [0.15, 0.2) is 0 Å². The van der Waals surface area contributed by atoms with Crippen LogP contribution >= 0.6 is 0 Å². The van der Waals surface area contributed by atoms with Gasteiger partial charge in [-0.25, -0.2) is 18.3 Å². The minimum Gasteiger partial charge on any atom is -0.449 e. The number of nitrogens with one attached hydrogen (secondary N) is 1. The third-order valence-corrected chi connectivity index (χ3v) is 5.47. The van der Waals surface area contributed by atoms with Gasteiger partial charge < -0.3 is 15.0 Å². The van der Waals surface area contributed by atoms with Gasteiger partial charge in [0, 0.05) is 24.6 Å². The molecule has 1 saturated carbocycles. The number of hydrogen-bond donors (Lipinski definition) is 1. The lowest BCUT2D eigenvalue weighted by Gasteiger charge is -2.37. The first-order valence-corrected chi connectivity index (χ1v) is 9.75. The predicted octanol–water partition coefficient (Wildman–Crippen LogP) is 3.49. The zero-order valence-corrected chi connectivity index (χ0v) is 15.8. The number of nitrogens with zero attached hydrogens (tertiary/aromatic N) is 3. The van der Waals surface area contributed by atoms with E-state index in [4.69, 9.17) is 4.74 Å². The van der Waals surface area contributed by atoms with Crippen molar-refractivity contribution in [3.05, 3.63) is 42.2 Å². The summed E-state index contributed by atoms with van der Waals surface area (Å²) in [4.78, 5) is 26.3. The van der Waals surface area contributed by atoms with Crippen LogP contribution in [0.5, 0.6) is 0 Å². The van der Waals surface area contributed by atoms with Gasteiger partial charge >= 0.3 is 6.09 Å². The molecule has 29 heavy (non-hydrogen) atoms. The van der Waals surface area contributed by atoms with Gasteiger partial charge in [0.1, 0.15) is 11.6 Å². The monoisotopic (exact) mass is 404 g/mol. The highest BCUT2D eigenvalue weighted by Crippen LogP contribution is 2.30. The lowest BCUT2D eigenvalue weighted by atomic mass is 9.84. The number of benzene rings is 1. The van der Waals surface area contributed by atoms with Crippen molar-refractivity contribution < 1.29 is 23.1 Å². The van der Waals surface area contributed by atoms with Gasteiger partial charge in [-0.05, 0) is 44.2 Å². The summed E-state index contributed by atoms with van der Waals surface area (Å²) >= 11 is 0.